The molecule has 0 aliphatic carbocycles. The van der Waals surface area contributed by atoms with Crippen molar-refractivity contribution in [3.8, 4) is 0 Å². The first-order valence-corrected chi connectivity index (χ1v) is 9.94. The fraction of sp³-hybridized carbons (Fsp3) is 0.304. The average molecular weight is 423 g/mol. The predicted octanol–water partition coefficient (Wildman–Crippen LogP) is 2.29. The van der Waals surface area contributed by atoms with Crippen LogP contribution >= 0.6 is 0 Å². The summed E-state index contributed by atoms with van der Waals surface area (Å²) in [5, 5.41) is 3.83. The summed E-state index contributed by atoms with van der Waals surface area (Å²) in [5.41, 5.74) is 6.41. The van der Waals surface area contributed by atoms with Gasteiger partial charge in [-0.05, 0) is 50.1 Å². The zero-order valence-corrected chi connectivity index (χ0v) is 17.7. The van der Waals surface area contributed by atoms with Gasteiger partial charge in [-0.15, -0.1) is 0 Å². The highest BCUT2D eigenvalue weighted by atomic mass is 16.5. The lowest BCUT2D eigenvalue weighted by Crippen LogP contribution is -2.43. The van der Waals surface area contributed by atoms with Gasteiger partial charge in [-0.25, -0.2) is 0 Å². The summed E-state index contributed by atoms with van der Waals surface area (Å²) in [5.74, 6) is -2.69. The number of esters is 1. The summed E-state index contributed by atoms with van der Waals surface area (Å²) in [6.45, 7) is 5.18. The molecule has 1 heterocycles. The van der Waals surface area contributed by atoms with Crippen molar-refractivity contribution in [2.45, 2.75) is 27.2 Å². The first kappa shape index (κ1) is 22.0. The van der Waals surface area contributed by atoms with Crippen LogP contribution in [0.15, 0.2) is 42.5 Å². The lowest BCUT2D eigenvalue weighted by molar-refractivity contribution is -0.151. The third-order valence-electron chi connectivity index (χ3n) is 4.99. The number of carbonyl (C=O) groups excluding carboxylic acids is 4. The number of carbonyl (C=O) groups is 4. The second kappa shape index (κ2) is 9.42. The topological polar surface area (TPSA) is 105 Å². The van der Waals surface area contributed by atoms with Crippen LogP contribution in [0.3, 0.4) is 0 Å². The SMILES string of the molecule is Cc1cccc(C(=O)NN2C[C@H](C(=O)OCC(=O)Nc3cc(C)ccc3C)CC2=O)c1. The maximum Gasteiger partial charge on any atom is 0.311 e. The summed E-state index contributed by atoms with van der Waals surface area (Å²) in [7, 11) is 0. The van der Waals surface area contributed by atoms with Crippen LogP contribution in [0.2, 0.25) is 0 Å². The maximum atomic E-state index is 12.3. The van der Waals surface area contributed by atoms with Gasteiger partial charge in [0.2, 0.25) is 5.91 Å². The lowest BCUT2D eigenvalue weighted by atomic mass is 10.1. The highest BCUT2D eigenvalue weighted by Crippen LogP contribution is 2.19. The molecule has 1 aliphatic heterocycles. The van der Waals surface area contributed by atoms with Gasteiger partial charge in [-0.2, -0.15) is 0 Å². The molecule has 1 aliphatic rings. The predicted molar refractivity (Wildman–Crippen MR) is 114 cm³/mol. The van der Waals surface area contributed by atoms with Crippen LogP contribution in [-0.4, -0.2) is 41.9 Å². The van der Waals surface area contributed by atoms with E-state index in [2.05, 4.69) is 10.7 Å². The van der Waals surface area contributed by atoms with Crippen LogP contribution in [0.5, 0.6) is 0 Å². The molecule has 3 rings (SSSR count). The Labute approximate surface area is 180 Å². The van der Waals surface area contributed by atoms with E-state index in [-0.39, 0.29) is 18.9 Å². The summed E-state index contributed by atoms with van der Waals surface area (Å²) in [4.78, 5) is 49.0. The van der Waals surface area contributed by atoms with Crippen molar-refractivity contribution >= 4 is 29.4 Å². The van der Waals surface area contributed by atoms with Crippen molar-refractivity contribution < 1.29 is 23.9 Å². The maximum absolute atomic E-state index is 12.3. The molecule has 0 aromatic heterocycles. The van der Waals surface area contributed by atoms with Gasteiger partial charge in [0.15, 0.2) is 6.61 Å². The van der Waals surface area contributed by atoms with Crippen LogP contribution in [0.25, 0.3) is 0 Å². The Balaban J connectivity index is 1.50. The summed E-state index contributed by atoms with van der Waals surface area (Å²) < 4.78 is 5.09. The minimum Gasteiger partial charge on any atom is -0.455 e. The Morgan fingerprint density at radius 1 is 1.06 bits per heavy atom. The van der Waals surface area contributed by atoms with E-state index in [1.165, 1.54) is 0 Å². The van der Waals surface area contributed by atoms with E-state index in [0.29, 0.717) is 11.3 Å². The summed E-state index contributed by atoms with van der Waals surface area (Å²) in [6, 6.07) is 12.6. The molecule has 1 fully saturated rings. The van der Waals surface area contributed by atoms with Crippen LogP contribution in [0.4, 0.5) is 5.69 Å². The van der Waals surface area contributed by atoms with Gasteiger partial charge in [0.05, 0.1) is 12.5 Å². The van der Waals surface area contributed by atoms with E-state index >= 15 is 0 Å². The van der Waals surface area contributed by atoms with Gasteiger partial charge < -0.3 is 10.1 Å². The lowest BCUT2D eigenvalue weighted by Gasteiger charge is -2.17. The number of hydrogen-bond donors (Lipinski definition) is 2. The number of rotatable bonds is 6. The molecule has 0 unspecified atom stereocenters. The third-order valence-corrected chi connectivity index (χ3v) is 4.99. The molecule has 1 saturated heterocycles. The Morgan fingerprint density at radius 2 is 1.81 bits per heavy atom. The fourth-order valence-electron chi connectivity index (χ4n) is 3.26. The number of aryl methyl sites for hydroxylation is 3. The Kier molecular flexibility index (Phi) is 6.69. The van der Waals surface area contributed by atoms with E-state index in [1.807, 2.05) is 45.0 Å². The molecule has 0 saturated carbocycles. The molecule has 8 heteroatoms. The van der Waals surface area contributed by atoms with Gasteiger partial charge in [0.1, 0.15) is 0 Å². The molecule has 162 valence electrons. The number of nitrogens with one attached hydrogen (secondary N) is 2. The van der Waals surface area contributed by atoms with Crippen molar-refractivity contribution in [2.24, 2.45) is 5.92 Å². The second-order valence-corrected chi connectivity index (χ2v) is 7.69. The summed E-state index contributed by atoms with van der Waals surface area (Å²) >= 11 is 0. The highest BCUT2D eigenvalue weighted by molar-refractivity contribution is 5.97. The monoisotopic (exact) mass is 423 g/mol. The average Bonchev–Trinajstić information content (AvgIpc) is 3.09. The molecule has 0 spiro atoms. The number of anilines is 1. The van der Waals surface area contributed by atoms with Gasteiger partial charge >= 0.3 is 5.97 Å². The number of amides is 3. The van der Waals surface area contributed by atoms with E-state index in [1.54, 1.807) is 18.2 Å². The first-order valence-electron chi connectivity index (χ1n) is 9.94. The van der Waals surface area contributed by atoms with Gasteiger partial charge in [-0.1, -0.05) is 29.8 Å². The highest BCUT2D eigenvalue weighted by Gasteiger charge is 2.36. The molecule has 3 amide bonds. The van der Waals surface area contributed by atoms with E-state index < -0.39 is 30.3 Å². The zero-order chi connectivity index (χ0) is 22.5. The number of benzene rings is 2. The number of ether oxygens (including phenoxy) is 1. The van der Waals surface area contributed by atoms with Crippen molar-refractivity contribution in [1.29, 1.82) is 0 Å². The minimum atomic E-state index is -0.751. The standard InChI is InChI=1S/C23H25N3O5/c1-14-5-4-6-17(9-14)22(29)25-26-12-18(11-21(26)28)23(30)31-13-20(27)24-19-10-15(2)7-8-16(19)3/h4-10,18H,11-13H2,1-3H3,(H,24,27)(H,25,29)/t18-/m1/s1. The van der Waals surface area contributed by atoms with Crippen LogP contribution in [0, 0.1) is 26.7 Å². The van der Waals surface area contributed by atoms with Gasteiger partial charge in [0, 0.05) is 17.7 Å². The molecular formula is C23H25N3O5. The summed E-state index contributed by atoms with van der Waals surface area (Å²) in [6.07, 6.45) is -0.0917. The first-order chi connectivity index (χ1) is 14.7. The number of hydrogen-bond acceptors (Lipinski definition) is 5. The normalized spacial score (nSPS) is 15.5. The van der Waals surface area contributed by atoms with Crippen molar-refractivity contribution in [2.75, 3.05) is 18.5 Å². The Bertz CT molecular complexity index is 1030. The Hall–Kier alpha value is -3.68. The zero-order valence-electron chi connectivity index (χ0n) is 17.7. The molecule has 0 radical (unpaired) electrons. The smallest absolute Gasteiger partial charge is 0.311 e. The molecule has 31 heavy (non-hydrogen) atoms. The molecular weight excluding hydrogens is 398 g/mol. The largest absolute Gasteiger partial charge is 0.455 e. The molecule has 2 aromatic carbocycles. The second-order valence-electron chi connectivity index (χ2n) is 7.69. The number of hydrazine groups is 1. The van der Waals surface area contributed by atoms with Crippen molar-refractivity contribution in [1.82, 2.24) is 10.4 Å². The van der Waals surface area contributed by atoms with Crippen LogP contribution < -0.4 is 10.7 Å². The molecule has 8 nitrogen and oxygen atoms in total. The van der Waals surface area contributed by atoms with Crippen molar-refractivity contribution in [3.05, 3.63) is 64.7 Å². The van der Waals surface area contributed by atoms with Crippen LogP contribution in [0.1, 0.15) is 33.5 Å². The van der Waals surface area contributed by atoms with Crippen LogP contribution in [-0.2, 0) is 19.1 Å². The van der Waals surface area contributed by atoms with E-state index in [0.717, 1.165) is 21.7 Å². The molecule has 2 aromatic rings. The third kappa shape index (κ3) is 5.69. The van der Waals surface area contributed by atoms with Gasteiger partial charge in [-0.3, -0.25) is 29.6 Å². The molecule has 0 bridgehead atoms. The van der Waals surface area contributed by atoms with E-state index in [9.17, 15) is 19.2 Å². The minimum absolute atomic E-state index is 0.00612. The quantitative estimate of drug-likeness (QED) is 0.694. The van der Waals surface area contributed by atoms with Gasteiger partial charge in [0.25, 0.3) is 11.8 Å². The molecule has 1 atom stereocenters. The fourth-order valence-corrected chi connectivity index (χ4v) is 3.26. The number of nitrogens with zero attached hydrogens (tertiary/aromatic N) is 1. The van der Waals surface area contributed by atoms with E-state index in [4.69, 9.17) is 4.74 Å². The van der Waals surface area contributed by atoms with Crippen molar-refractivity contribution in [3.63, 3.8) is 0 Å². The molecule has 2 N–H and O–H groups in total. The Morgan fingerprint density at radius 3 is 2.55 bits per heavy atom.